The topological polar surface area (TPSA) is 58.6 Å². The second-order valence-electron chi connectivity index (χ2n) is 5.52. The van der Waals surface area contributed by atoms with Gasteiger partial charge in [0.25, 0.3) is 0 Å². The minimum absolute atomic E-state index is 0.0223. The van der Waals surface area contributed by atoms with Crippen LogP contribution in [0.15, 0.2) is 24.3 Å². The Bertz CT molecular complexity index is 584. The van der Waals surface area contributed by atoms with Gasteiger partial charge in [-0.15, -0.1) is 13.2 Å². The second kappa shape index (κ2) is 8.03. The van der Waals surface area contributed by atoms with Crippen LogP contribution in [-0.2, 0) is 16.0 Å². The highest BCUT2D eigenvalue weighted by atomic mass is 19.4. The van der Waals surface area contributed by atoms with Crippen molar-refractivity contribution in [1.29, 1.82) is 0 Å². The lowest BCUT2D eigenvalue weighted by atomic mass is 10.1. The van der Waals surface area contributed by atoms with Crippen LogP contribution in [-0.4, -0.2) is 42.7 Å². The molecule has 24 heavy (non-hydrogen) atoms. The highest BCUT2D eigenvalue weighted by Gasteiger charge is 2.32. The zero-order valence-corrected chi connectivity index (χ0v) is 13.1. The number of halogens is 3. The third-order valence-electron chi connectivity index (χ3n) is 3.72. The minimum Gasteiger partial charge on any atom is -0.406 e. The number of rotatable bonds is 6. The van der Waals surface area contributed by atoms with E-state index in [2.05, 4.69) is 10.1 Å². The van der Waals surface area contributed by atoms with Gasteiger partial charge in [-0.3, -0.25) is 9.59 Å². The lowest BCUT2D eigenvalue weighted by Crippen LogP contribution is -2.38. The third kappa shape index (κ3) is 5.75. The molecule has 1 aliphatic heterocycles. The maximum absolute atomic E-state index is 12.3. The molecule has 5 nitrogen and oxygen atoms in total. The van der Waals surface area contributed by atoms with E-state index in [-0.39, 0.29) is 42.5 Å². The average Bonchev–Trinajstić information content (AvgIpc) is 3.04. The number of nitrogens with one attached hydrogen (secondary N) is 1. The summed E-state index contributed by atoms with van der Waals surface area (Å²) < 4.78 is 40.9. The number of ether oxygens (including phenoxy) is 1. The van der Waals surface area contributed by atoms with Crippen LogP contribution in [0.25, 0.3) is 0 Å². The Morgan fingerprint density at radius 1 is 1.17 bits per heavy atom. The van der Waals surface area contributed by atoms with E-state index >= 15 is 0 Å². The number of para-hydroxylation sites is 1. The van der Waals surface area contributed by atoms with Crippen LogP contribution in [0, 0.1) is 0 Å². The summed E-state index contributed by atoms with van der Waals surface area (Å²) >= 11 is 0. The first-order valence-electron chi connectivity index (χ1n) is 7.73. The fraction of sp³-hybridized carbons (Fsp3) is 0.500. The van der Waals surface area contributed by atoms with Crippen LogP contribution >= 0.6 is 0 Å². The fourth-order valence-electron chi connectivity index (χ4n) is 2.52. The number of carbonyl (C=O) groups excluding carboxylic acids is 2. The van der Waals surface area contributed by atoms with E-state index < -0.39 is 6.36 Å². The van der Waals surface area contributed by atoms with Gasteiger partial charge in [-0.1, -0.05) is 18.2 Å². The predicted octanol–water partition coefficient (Wildman–Crippen LogP) is 2.26. The van der Waals surface area contributed by atoms with Gasteiger partial charge in [0, 0.05) is 19.5 Å². The number of likely N-dealkylation sites (tertiary alicyclic amines) is 1. The fourth-order valence-corrected chi connectivity index (χ4v) is 2.52. The molecule has 2 rings (SSSR count). The Balaban J connectivity index is 1.80. The highest BCUT2D eigenvalue weighted by molar-refractivity contribution is 5.84. The van der Waals surface area contributed by atoms with Crippen LogP contribution in [0.4, 0.5) is 13.2 Å². The van der Waals surface area contributed by atoms with E-state index in [0.29, 0.717) is 13.1 Å². The number of alkyl halides is 3. The van der Waals surface area contributed by atoms with E-state index in [1.165, 1.54) is 18.2 Å². The molecule has 8 heteroatoms. The number of aryl methyl sites for hydroxylation is 1. The van der Waals surface area contributed by atoms with Crippen LogP contribution in [0.5, 0.6) is 5.75 Å². The van der Waals surface area contributed by atoms with Crippen molar-refractivity contribution in [2.24, 2.45) is 0 Å². The summed E-state index contributed by atoms with van der Waals surface area (Å²) in [7, 11) is 0. The Hall–Kier alpha value is -2.25. The molecule has 0 saturated carbocycles. The molecule has 132 valence electrons. The number of hydrogen-bond acceptors (Lipinski definition) is 3. The van der Waals surface area contributed by atoms with Crippen molar-refractivity contribution in [3.63, 3.8) is 0 Å². The van der Waals surface area contributed by atoms with Gasteiger partial charge < -0.3 is 15.0 Å². The molecular formula is C16H19F3N2O3. The molecular weight excluding hydrogens is 325 g/mol. The lowest BCUT2D eigenvalue weighted by Gasteiger charge is -2.15. The molecule has 1 N–H and O–H groups in total. The predicted molar refractivity (Wildman–Crippen MR) is 80.3 cm³/mol. The Labute approximate surface area is 137 Å². The average molecular weight is 344 g/mol. The first-order valence-corrected chi connectivity index (χ1v) is 7.73. The Morgan fingerprint density at radius 2 is 1.83 bits per heavy atom. The first-order chi connectivity index (χ1) is 11.3. The van der Waals surface area contributed by atoms with Crippen LogP contribution in [0.1, 0.15) is 24.8 Å². The highest BCUT2D eigenvalue weighted by Crippen LogP contribution is 2.26. The summed E-state index contributed by atoms with van der Waals surface area (Å²) in [5.41, 5.74) is 0.288. The van der Waals surface area contributed by atoms with E-state index in [9.17, 15) is 22.8 Å². The molecule has 0 spiro atoms. The van der Waals surface area contributed by atoms with E-state index in [4.69, 9.17) is 0 Å². The molecule has 0 aliphatic carbocycles. The SMILES string of the molecule is O=C(CCc1ccccc1OC(F)(F)F)NCC(=O)N1CCCC1. The summed E-state index contributed by atoms with van der Waals surface area (Å²) in [6.45, 7) is 1.33. The number of hydrogen-bond donors (Lipinski definition) is 1. The molecule has 0 atom stereocenters. The third-order valence-corrected chi connectivity index (χ3v) is 3.72. The van der Waals surface area contributed by atoms with Crippen molar-refractivity contribution in [3.05, 3.63) is 29.8 Å². The molecule has 1 aliphatic rings. The van der Waals surface area contributed by atoms with Crippen LogP contribution in [0.3, 0.4) is 0 Å². The standard InChI is InChI=1S/C16H19F3N2O3/c17-16(18,19)24-13-6-2-1-5-12(13)7-8-14(22)20-11-15(23)21-9-3-4-10-21/h1-2,5-6H,3-4,7-11H2,(H,20,22). The minimum atomic E-state index is -4.78. The Kier molecular flexibility index (Phi) is 6.05. The van der Waals surface area contributed by atoms with Gasteiger partial charge in [-0.25, -0.2) is 0 Å². The van der Waals surface area contributed by atoms with Crippen molar-refractivity contribution in [1.82, 2.24) is 10.2 Å². The smallest absolute Gasteiger partial charge is 0.406 e. The van der Waals surface area contributed by atoms with Crippen LogP contribution in [0.2, 0.25) is 0 Å². The quantitative estimate of drug-likeness (QED) is 0.861. The maximum Gasteiger partial charge on any atom is 0.573 e. The maximum atomic E-state index is 12.3. The molecule has 1 saturated heterocycles. The largest absolute Gasteiger partial charge is 0.573 e. The van der Waals surface area contributed by atoms with Crippen molar-refractivity contribution in [2.75, 3.05) is 19.6 Å². The van der Waals surface area contributed by atoms with Gasteiger partial charge >= 0.3 is 6.36 Å². The van der Waals surface area contributed by atoms with Crippen molar-refractivity contribution >= 4 is 11.8 Å². The van der Waals surface area contributed by atoms with Gasteiger partial charge in [0.1, 0.15) is 5.75 Å². The molecule has 0 aromatic heterocycles. The van der Waals surface area contributed by atoms with Gasteiger partial charge in [-0.2, -0.15) is 0 Å². The van der Waals surface area contributed by atoms with Gasteiger partial charge in [0.15, 0.2) is 0 Å². The van der Waals surface area contributed by atoms with Gasteiger partial charge in [0.05, 0.1) is 6.54 Å². The zero-order valence-electron chi connectivity index (χ0n) is 13.1. The van der Waals surface area contributed by atoms with E-state index in [1.807, 2.05) is 0 Å². The first kappa shape index (κ1) is 18.1. The molecule has 0 radical (unpaired) electrons. The van der Waals surface area contributed by atoms with Crippen LogP contribution < -0.4 is 10.1 Å². The summed E-state index contributed by atoms with van der Waals surface area (Å²) in [6, 6.07) is 5.69. The molecule has 1 heterocycles. The summed E-state index contributed by atoms with van der Waals surface area (Å²) in [6.07, 6.45) is -2.77. The van der Waals surface area contributed by atoms with E-state index in [1.54, 1.807) is 11.0 Å². The molecule has 1 aromatic rings. The monoisotopic (exact) mass is 344 g/mol. The molecule has 0 bridgehead atoms. The van der Waals surface area contributed by atoms with Gasteiger partial charge in [-0.05, 0) is 30.9 Å². The molecule has 0 unspecified atom stereocenters. The number of carbonyl (C=O) groups is 2. The molecule has 1 aromatic carbocycles. The van der Waals surface area contributed by atoms with Gasteiger partial charge in [0.2, 0.25) is 11.8 Å². The zero-order chi connectivity index (χ0) is 17.6. The number of benzene rings is 1. The van der Waals surface area contributed by atoms with Crippen molar-refractivity contribution in [2.45, 2.75) is 32.0 Å². The number of amides is 2. The number of nitrogens with zero attached hydrogens (tertiary/aromatic N) is 1. The lowest BCUT2D eigenvalue weighted by molar-refractivity contribution is -0.274. The normalized spacial score (nSPS) is 14.5. The van der Waals surface area contributed by atoms with Crippen molar-refractivity contribution < 1.29 is 27.5 Å². The van der Waals surface area contributed by atoms with Crippen molar-refractivity contribution in [3.8, 4) is 5.75 Å². The molecule has 2 amide bonds. The summed E-state index contributed by atoms with van der Waals surface area (Å²) in [4.78, 5) is 25.3. The van der Waals surface area contributed by atoms with E-state index in [0.717, 1.165) is 12.8 Å². The Morgan fingerprint density at radius 3 is 2.50 bits per heavy atom. The second-order valence-corrected chi connectivity index (χ2v) is 5.52. The summed E-state index contributed by atoms with van der Waals surface area (Å²) in [5, 5.41) is 2.50. The summed E-state index contributed by atoms with van der Waals surface area (Å²) in [5.74, 6) is -0.836. The molecule has 1 fully saturated rings.